The zero-order valence-corrected chi connectivity index (χ0v) is 11.7. The van der Waals surface area contributed by atoms with Crippen molar-refractivity contribution >= 4 is 11.7 Å². The van der Waals surface area contributed by atoms with Crippen LogP contribution in [0.2, 0.25) is 0 Å². The second-order valence-electron chi connectivity index (χ2n) is 5.26. The molecule has 0 aliphatic heterocycles. The van der Waals surface area contributed by atoms with Gasteiger partial charge >= 0.3 is 5.97 Å². The summed E-state index contributed by atoms with van der Waals surface area (Å²) in [4.78, 5) is 13.2. The van der Waals surface area contributed by atoms with Gasteiger partial charge in [-0.05, 0) is 44.0 Å². The molecule has 0 saturated heterocycles. The minimum absolute atomic E-state index is 0.438. The monoisotopic (exact) mass is 251 g/mol. The molecule has 1 aromatic carbocycles. The van der Waals surface area contributed by atoms with Crippen molar-refractivity contribution in [2.75, 3.05) is 26.1 Å². The van der Waals surface area contributed by atoms with Crippen LogP contribution in [0.15, 0.2) is 18.2 Å². The number of carboxylic acids is 1. The molecule has 1 aromatic rings. The number of carboxylic acid groups (broad SMARTS) is 1. The van der Waals surface area contributed by atoms with Gasteiger partial charge in [0.05, 0.1) is 12.5 Å². The Morgan fingerprint density at radius 2 is 2.00 bits per heavy atom. The Morgan fingerprint density at radius 1 is 1.39 bits per heavy atom. The molecule has 0 radical (unpaired) electrons. The fourth-order valence-electron chi connectivity index (χ4n) is 1.73. The first-order chi connectivity index (χ1) is 8.27. The molecular formula is C14H21NO3. The number of hydrogen-bond acceptors (Lipinski definition) is 3. The zero-order chi connectivity index (χ0) is 13.9. The van der Waals surface area contributed by atoms with Crippen LogP contribution in [0.1, 0.15) is 19.4 Å². The van der Waals surface area contributed by atoms with E-state index in [1.165, 1.54) is 0 Å². The van der Waals surface area contributed by atoms with Gasteiger partial charge < -0.3 is 14.7 Å². The molecule has 4 nitrogen and oxygen atoms in total. The molecule has 0 saturated carbocycles. The highest BCUT2D eigenvalue weighted by Gasteiger charge is 2.28. The predicted octanol–water partition coefficient (Wildman–Crippen LogP) is 2.41. The van der Waals surface area contributed by atoms with E-state index < -0.39 is 11.4 Å². The molecular weight excluding hydrogens is 230 g/mol. The van der Waals surface area contributed by atoms with Crippen LogP contribution >= 0.6 is 0 Å². The van der Waals surface area contributed by atoms with Crippen molar-refractivity contribution in [1.29, 1.82) is 0 Å². The molecule has 0 fully saturated rings. The van der Waals surface area contributed by atoms with Gasteiger partial charge in [-0.3, -0.25) is 4.79 Å². The fourth-order valence-corrected chi connectivity index (χ4v) is 1.73. The topological polar surface area (TPSA) is 49.8 Å². The summed E-state index contributed by atoms with van der Waals surface area (Å²) in [5.41, 5.74) is 1.14. The Balaban J connectivity index is 3.13. The Kier molecular flexibility index (Phi) is 4.22. The van der Waals surface area contributed by atoms with Crippen LogP contribution in [0.4, 0.5) is 5.69 Å². The molecule has 0 aromatic heterocycles. The summed E-state index contributed by atoms with van der Waals surface area (Å²) >= 11 is 0. The third-order valence-electron chi connectivity index (χ3n) is 2.99. The summed E-state index contributed by atoms with van der Waals surface area (Å²) in [6, 6.07) is 5.81. The molecule has 0 heterocycles. The molecule has 0 unspecified atom stereocenters. The van der Waals surface area contributed by atoms with Crippen molar-refractivity contribution in [3.05, 3.63) is 23.8 Å². The summed E-state index contributed by atoms with van der Waals surface area (Å²) in [6.07, 6.45) is 0.438. The standard InChI is InChI=1S/C14H21NO3/c1-14(2,13(16)17)9-10-8-11(15(3)4)6-7-12(10)18-5/h6-8H,9H2,1-5H3,(H,16,17). The second-order valence-corrected chi connectivity index (χ2v) is 5.26. The van der Waals surface area contributed by atoms with Crippen LogP contribution in [0.25, 0.3) is 0 Å². The van der Waals surface area contributed by atoms with Gasteiger partial charge in [0.25, 0.3) is 0 Å². The van der Waals surface area contributed by atoms with E-state index in [0.717, 1.165) is 17.0 Å². The zero-order valence-electron chi connectivity index (χ0n) is 11.7. The van der Waals surface area contributed by atoms with Crippen molar-refractivity contribution in [3.8, 4) is 5.75 Å². The van der Waals surface area contributed by atoms with Gasteiger partial charge in [0.2, 0.25) is 0 Å². The normalized spacial score (nSPS) is 11.2. The van der Waals surface area contributed by atoms with E-state index in [1.54, 1.807) is 21.0 Å². The highest BCUT2D eigenvalue weighted by atomic mass is 16.5. The average molecular weight is 251 g/mol. The van der Waals surface area contributed by atoms with Crippen LogP contribution in [0.5, 0.6) is 5.75 Å². The van der Waals surface area contributed by atoms with Crippen molar-refractivity contribution in [2.45, 2.75) is 20.3 Å². The Bertz CT molecular complexity index is 439. The molecule has 0 atom stereocenters. The molecule has 0 aliphatic rings. The highest BCUT2D eigenvalue weighted by Crippen LogP contribution is 2.30. The summed E-state index contributed by atoms with van der Waals surface area (Å²) in [5, 5.41) is 9.19. The largest absolute Gasteiger partial charge is 0.496 e. The van der Waals surface area contributed by atoms with Crippen LogP contribution in [0, 0.1) is 5.41 Å². The van der Waals surface area contributed by atoms with E-state index in [9.17, 15) is 9.90 Å². The molecule has 18 heavy (non-hydrogen) atoms. The summed E-state index contributed by atoms with van der Waals surface area (Å²) < 4.78 is 5.29. The van der Waals surface area contributed by atoms with Crippen molar-refractivity contribution in [1.82, 2.24) is 0 Å². The molecule has 0 spiro atoms. The SMILES string of the molecule is COc1ccc(N(C)C)cc1CC(C)(C)C(=O)O. The number of aliphatic carboxylic acids is 1. The number of methoxy groups -OCH3 is 1. The van der Waals surface area contributed by atoms with Crippen molar-refractivity contribution in [2.24, 2.45) is 5.41 Å². The Morgan fingerprint density at radius 3 is 2.44 bits per heavy atom. The summed E-state index contributed by atoms with van der Waals surface area (Å²) in [6.45, 7) is 3.44. The van der Waals surface area contributed by atoms with Gasteiger partial charge in [-0.1, -0.05) is 0 Å². The van der Waals surface area contributed by atoms with E-state index in [-0.39, 0.29) is 0 Å². The predicted molar refractivity (Wildman–Crippen MR) is 72.4 cm³/mol. The van der Waals surface area contributed by atoms with Gasteiger partial charge in [-0.25, -0.2) is 0 Å². The van der Waals surface area contributed by atoms with E-state index in [1.807, 2.05) is 37.2 Å². The van der Waals surface area contributed by atoms with Crippen LogP contribution < -0.4 is 9.64 Å². The van der Waals surface area contributed by atoms with Crippen molar-refractivity contribution in [3.63, 3.8) is 0 Å². The quantitative estimate of drug-likeness (QED) is 0.873. The van der Waals surface area contributed by atoms with Crippen molar-refractivity contribution < 1.29 is 14.6 Å². The first kappa shape index (κ1) is 14.4. The maximum absolute atomic E-state index is 11.2. The Labute approximate surface area is 108 Å². The first-order valence-corrected chi connectivity index (χ1v) is 5.85. The first-order valence-electron chi connectivity index (χ1n) is 5.85. The smallest absolute Gasteiger partial charge is 0.309 e. The Hall–Kier alpha value is -1.71. The van der Waals surface area contributed by atoms with Crippen LogP contribution in [-0.4, -0.2) is 32.3 Å². The lowest BCUT2D eigenvalue weighted by atomic mass is 9.85. The molecule has 1 N–H and O–H groups in total. The maximum atomic E-state index is 11.2. The molecule has 100 valence electrons. The average Bonchev–Trinajstić information content (AvgIpc) is 2.28. The van der Waals surface area contributed by atoms with Crippen LogP contribution in [0.3, 0.4) is 0 Å². The van der Waals surface area contributed by atoms with Crippen LogP contribution in [-0.2, 0) is 11.2 Å². The lowest BCUT2D eigenvalue weighted by Crippen LogP contribution is -2.26. The molecule has 0 aliphatic carbocycles. The van der Waals surface area contributed by atoms with E-state index in [0.29, 0.717) is 6.42 Å². The van der Waals surface area contributed by atoms with E-state index in [2.05, 4.69) is 0 Å². The third-order valence-corrected chi connectivity index (χ3v) is 2.99. The number of nitrogens with zero attached hydrogens (tertiary/aromatic N) is 1. The summed E-state index contributed by atoms with van der Waals surface area (Å²) in [7, 11) is 5.50. The van der Waals surface area contributed by atoms with Gasteiger partial charge in [0, 0.05) is 19.8 Å². The van der Waals surface area contributed by atoms with Gasteiger partial charge in [0.15, 0.2) is 0 Å². The number of rotatable bonds is 5. The second kappa shape index (κ2) is 5.29. The highest BCUT2D eigenvalue weighted by molar-refractivity contribution is 5.74. The number of benzene rings is 1. The van der Waals surface area contributed by atoms with Gasteiger partial charge in [0.1, 0.15) is 5.75 Å². The maximum Gasteiger partial charge on any atom is 0.309 e. The third kappa shape index (κ3) is 3.15. The van der Waals surface area contributed by atoms with Gasteiger partial charge in [-0.2, -0.15) is 0 Å². The number of ether oxygens (including phenoxy) is 1. The number of anilines is 1. The lowest BCUT2D eigenvalue weighted by Gasteiger charge is -2.22. The minimum atomic E-state index is -0.807. The number of carbonyl (C=O) groups is 1. The molecule has 0 amide bonds. The van der Waals surface area contributed by atoms with E-state index in [4.69, 9.17) is 4.74 Å². The summed E-state index contributed by atoms with van der Waals surface area (Å²) in [5.74, 6) is -0.0743. The van der Waals surface area contributed by atoms with E-state index >= 15 is 0 Å². The molecule has 0 bridgehead atoms. The lowest BCUT2D eigenvalue weighted by molar-refractivity contribution is -0.146. The minimum Gasteiger partial charge on any atom is -0.496 e. The molecule has 4 heteroatoms. The molecule has 1 rings (SSSR count). The fraction of sp³-hybridized carbons (Fsp3) is 0.500. The number of hydrogen-bond donors (Lipinski definition) is 1. The van der Waals surface area contributed by atoms with Gasteiger partial charge in [-0.15, -0.1) is 0 Å².